The van der Waals surface area contributed by atoms with Gasteiger partial charge < -0.3 is 24.8 Å². The van der Waals surface area contributed by atoms with Crippen LogP contribution in [0.1, 0.15) is 25.5 Å². The first-order chi connectivity index (χ1) is 10.7. The second-order valence-electron chi connectivity index (χ2n) is 6.09. The number of piperazine rings is 1. The summed E-state index contributed by atoms with van der Waals surface area (Å²) < 4.78 is 7.81. The summed E-state index contributed by atoms with van der Waals surface area (Å²) in [5.41, 5.74) is 7.57. The second kappa shape index (κ2) is 6.59. The van der Waals surface area contributed by atoms with Gasteiger partial charge in [-0.1, -0.05) is 6.92 Å². The molecule has 1 unspecified atom stereocenters. The van der Waals surface area contributed by atoms with E-state index in [0.717, 1.165) is 64.5 Å². The Morgan fingerprint density at radius 1 is 1.36 bits per heavy atom. The predicted molar refractivity (Wildman–Crippen MR) is 86.9 cm³/mol. The van der Waals surface area contributed by atoms with Gasteiger partial charge >= 0.3 is 0 Å². The van der Waals surface area contributed by atoms with Gasteiger partial charge in [-0.15, -0.1) is 0 Å². The average molecular weight is 303 g/mol. The van der Waals surface area contributed by atoms with Gasteiger partial charge in [-0.2, -0.15) is 5.26 Å². The van der Waals surface area contributed by atoms with E-state index < -0.39 is 0 Å². The van der Waals surface area contributed by atoms with Crippen molar-refractivity contribution in [3.8, 4) is 6.07 Å². The zero-order valence-electron chi connectivity index (χ0n) is 13.3. The molecule has 2 aliphatic heterocycles. The largest absolute Gasteiger partial charge is 0.396 e. The van der Waals surface area contributed by atoms with E-state index in [9.17, 15) is 5.26 Å². The molecule has 2 fully saturated rings. The fraction of sp³-hybridized carbons (Fsp3) is 0.688. The first-order valence-electron chi connectivity index (χ1n) is 8.21. The van der Waals surface area contributed by atoms with Gasteiger partial charge in [0.15, 0.2) is 0 Å². The number of ether oxygens (including phenoxy) is 1. The number of nitrogen functional groups attached to an aromatic ring is 1. The number of anilines is 2. The molecule has 0 amide bonds. The standard InChI is InChI=1S/C16H25N5O/c1-2-19-5-7-20(8-6-19)16-15(18)10-13(11-17)21(16)12-14-4-3-9-22-14/h10,14H,2-9,12,18H2,1H3. The maximum absolute atomic E-state index is 9.41. The minimum Gasteiger partial charge on any atom is -0.396 e. The van der Waals surface area contributed by atoms with Gasteiger partial charge in [0.25, 0.3) is 0 Å². The smallest absolute Gasteiger partial charge is 0.133 e. The number of likely N-dealkylation sites (N-methyl/N-ethyl adjacent to an activating group) is 1. The van der Waals surface area contributed by atoms with E-state index in [-0.39, 0.29) is 6.10 Å². The molecule has 22 heavy (non-hydrogen) atoms. The van der Waals surface area contributed by atoms with Gasteiger partial charge in [0.2, 0.25) is 0 Å². The number of rotatable bonds is 4. The van der Waals surface area contributed by atoms with Gasteiger partial charge in [-0.25, -0.2) is 0 Å². The lowest BCUT2D eigenvalue weighted by Gasteiger charge is -2.36. The Labute approximate surface area is 132 Å². The molecule has 6 heteroatoms. The van der Waals surface area contributed by atoms with Crippen molar-refractivity contribution in [2.24, 2.45) is 0 Å². The zero-order valence-corrected chi connectivity index (χ0v) is 13.3. The molecule has 2 N–H and O–H groups in total. The molecule has 2 saturated heterocycles. The number of nitrogens with zero attached hydrogens (tertiary/aromatic N) is 4. The van der Waals surface area contributed by atoms with E-state index in [1.165, 1.54) is 0 Å². The highest BCUT2D eigenvalue weighted by molar-refractivity contribution is 5.68. The van der Waals surface area contributed by atoms with Crippen LogP contribution in [0.3, 0.4) is 0 Å². The Morgan fingerprint density at radius 2 is 2.14 bits per heavy atom. The Hall–Kier alpha value is -1.71. The molecule has 0 bridgehead atoms. The van der Waals surface area contributed by atoms with Crippen LogP contribution in [-0.2, 0) is 11.3 Å². The van der Waals surface area contributed by atoms with Crippen molar-refractivity contribution >= 4 is 11.5 Å². The van der Waals surface area contributed by atoms with Crippen LogP contribution in [0.5, 0.6) is 0 Å². The van der Waals surface area contributed by atoms with Crippen LogP contribution in [0.25, 0.3) is 0 Å². The van der Waals surface area contributed by atoms with E-state index in [2.05, 4.69) is 27.4 Å². The molecule has 3 rings (SSSR count). The number of nitriles is 1. The highest BCUT2D eigenvalue weighted by atomic mass is 16.5. The molecule has 1 aromatic rings. The van der Waals surface area contributed by atoms with Crippen LogP contribution in [0.2, 0.25) is 0 Å². The van der Waals surface area contributed by atoms with Crippen molar-refractivity contribution in [2.75, 3.05) is 50.0 Å². The van der Waals surface area contributed by atoms with E-state index in [0.29, 0.717) is 11.4 Å². The van der Waals surface area contributed by atoms with Crippen LogP contribution in [0.4, 0.5) is 11.5 Å². The number of nitrogens with two attached hydrogens (primary N) is 1. The third-order valence-electron chi connectivity index (χ3n) is 4.74. The van der Waals surface area contributed by atoms with Crippen LogP contribution in [0.15, 0.2) is 6.07 Å². The molecule has 1 aromatic heterocycles. The molecule has 120 valence electrons. The molecule has 0 radical (unpaired) electrons. The van der Waals surface area contributed by atoms with Crippen molar-refractivity contribution in [1.82, 2.24) is 9.47 Å². The first kappa shape index (κ1) is 15.2. The summed E-state index contributed by atoms with van der Waals surface area (Å²) in [4.78, 5) is 4.75. The molecule has 0 aromatic carbocycles. The minimum atomic E-state index is 0.203. The molecule has 0 spiro atoms. The predicted octanol–water partition coefficient (Wildman–Crippen LogP) is 1.26. The summed E-state index contributed by atoms with van der Waals surface area (Å²) in [5, 5.41) is 9.41. The van der Waals surface area contributed by atoms with Gasteiger partial charge in [0.05, 0.1) is 18.3 Å². The number of hydrogen-bond acceptors (Lipinski definition) is 5. The lowest BCUT2D eigenvalue weighted by molar-refractivity contribution is 0.0970. The number of hydrogen-bond donors (Lipinski definition) is 1. The monoisotopic (exact) mass is 303 g/mol. The Bertz CT molecular complexity index is 548. The van der Waals surface area contributed by atoms with Crippen molar-refractivity contribution in [2.45, 2.75) is 32.4 Å². The highest BCUT2D eigenvalue weighted by Gasteiger charge is 2.25. The van der Waals surface area contributed by atoms with Crippen LogP contribution < -0.4 is 10.6 Å². The maximum atomic E-state index is 9.41. The summed E-state index contributed by atoms with van der Waals surface area (Å²) in [6.45, 7) is 8.83. The average Bonchev–Trinajstić information content (AvgIpc) is 3.16. The first-order valence-corrected chi connectivity index (χ1v) is 8.21. The van der Waals surface area contributed by atoms with Crippen molar-refractivity contribution < 1.29 is 4.74 Å². The Balaban J connectivity index is 1.83. The Kier molecular flexibility index (Phi) is 4.55. The molecule has 0 aliphatic carbocycles. The number of aromatic nitrogens is 1. The third kappa shape index (κ3) is 2.92. The van der Waals surface area contributed by atoms with E-state index in [1.54, 1.807) is 6.07 Å². The third-order valence-corrected chi connectivity index (χ3v) is 4.74. The fourth-order valence-corrected chi connectivity index (χ4v) is 3.46. The van der Waals surface area contributed by atoms with Crippen molar-refractivity contribution in [3.63, 3.8) is 0 Å². The molecule has 1 atom stereocenters. The summed E-state index contributed by atoms with van der Waals surface area (Å²) in [6.07, 6.45) is 2.37. The molecule has 0 saturated carbocycles. The summed E-state index contributed by atoms with van der Waals surface area (Å²) in [7, 11) is 0. The minimum absolute atomic E-state index is 0.203. The van der Waals surface area contributed by atoms with Gasteiger partial charge in [-0.05, 0) is 25.5 Å². The maximum Gasteiger partial charge on any atom is 0.133 e. The molecular formula is C16H25N5O. The Morgan fingerprint density at radius 3 is 2.73 bits per heavy atom. The van der Waals surface area contributed by atoms with Crippen molar-refractivity contribution in [1.29, 1.82) is 5.26 Å². The molecule has 2 aliphatic rings. The lowest BCUT2D eigenvalue weighted by Crippen LogP contribution is -2.47. The van der Waals surface area contributed by atoms with Crippen LogP contribution in [-0.4, -0.2) is 54.9 Å². The topological polar surface area (TPSA) is 70.5 Å². The van der Waals surface area contributed by atoms with Gasteiger partial charge in [0.1, 0.15) is 17.6 Å². The van der Waals surface area contributed by atoms with Crippen molar-refractivity contribution in [3.05, 3.63) is 11.8 Å². The molecular weight excluding hydrogens is 278 g/mol. The lowest BCUT2D eigenvalue weighted by atomic mass is 10.2. The fourth-order valence-electron chi connectivity index (χ4n) is 3.46. The van der Waals surface area contributed by atoms with Gasteiger partial charge in [-0.3, -0.25) is 0 Å². The molecule has 6 nitrogen and oxygen atoms in total. The van der Waals surface area contributed by atoms with Gasteiger partial charge in [0, 0.05) is 32.8 Å². The summed E-state index contributed by atoms with van der Waals surface area (Å²) in [5.74, 6) is 1.00. The second-order valence-corrected chi connectivity index (χ2v) is 6.09. The van der Waals surface area contributed by atoms with Crippen LogP contribution >= 0.6 is 0 Å². The molecule has 3 heterocycles. The van der Waals surface area contributed by atoms with E-state index >= 15 is 0 Å². The summed E-state index contributed by atoms with van der Waals surface area (Å²) >= 11 is 0. The zero-order chi connectivity index (χ0) is 15.5. The summed E-state index contributed by atoms with van der Waals surface area (Å²) in [6, 6.07) is 4.08. The normalized spacial score (nSPS) is 22.9. The quantitative estimate of drug-likeness (QED) is 0.907. The van der Waals surface area contributed by atoms with E-state index in [1.807, 2.05) is 0 Å². The SMILES string of the molecule is CCN1CCN(c2c(N)cc(C#N)n2CC2CCCO2)CC1. The van der Waals surface area contributed by atoms with E-state index in [4.69, 9.17) is 10.5 Å². The van der Waals surface area contributed by atoms with Crippen LogP contribution in [0, 0.1) is 11.3 Å². The highest BCUT2D eigenvalue weighted by Crippen LogP contribution is 2.30.